The molecular weight excluding hydrogens is 400 g/mol. The van der Waals surface area contributed by atoms with E-state index in [1.165, 1.54) is 44.5 Å². The molecule has 0 saturated heterocycles. The van der Waals surface area contributed by atoms with Crippen LogP contribution in [0.15, 0.2) is 72.8 Å². The molecule has 0 amide bonds. The van der Waals surface area contributed by atoms with E-state index in [9.17, 15) is 5.41 Å². The van der Waals surface area contributed by atoms with Crippen LogP contribution in [0.25, 0.3) is 22.3 Å². The standard InChI is InChI=1S/C31H30N2/c1-19-13-15-24(21(3)20(19)2)31(32)30-18-23(33(4)5)14-16-28(30)27-12-8-11-26-25-10-7-6-9-22(25)17-29(26)27/h6-16,18,32H,17H2,1-5H3. The van der Waals surface area contributed by atoms with Crippen molar-refractivity contribution in [2.75, 3.05) is 19.0 Å². The van der Waals surface area contributed by atoms with Crippen LogP contribution in [0.5, 0.6) is 0 Å². The molecule has 1 aliphatic rings. The van der Waals surface area contributed by atoms with E-state index in [4.69, 9.17) is 0 Å². The van der Waals surface area contributed by atoms with E-state index in [2.05, 4.69) is 113 Å². The summed E-state index contributed by atoms with van der Waals surface area (Å²) in [7, 11) is 4.11. The van der Waals surface area contributed by atoms with Crippen LogP contribution < -0.4 is 4.90 Å². The maximum Gasteiger partial charge on any atom is 0.0694 e. The lowest BCUT2D eigenvalue weighted by Crippen LogP contribution is -2.12. The van der Waals surface area contributed by atoms with Crippen LogP contribution in [0, 0.1) is 26.2 Å². The Balaban J connectivity index is 1.72. The predicted molar refractivity (Wildman–Crippen MR) is 141 cm³/mol. The molecule has 4 aromatic rings. The van der Waals surface area contributed by atoms with Crippen molar-refractivity contribution in [2.45, 2.75) is 27.2 Å². The van der Waals surface area contributed by atoms with Gasteiger partial charge < -0.3 is 4.90 Å². The van der Waals surface area contributed by atoms with Gasteiger partial charge in [0.2, 0.25) is 0 Å². The molecule has 2 nitrogen and oxygen atoms in total. The normalized spacial score (nSPS) is 11.8. The Hall–Kier alpha value is -3.65. The van der Waals surface area contributed by atoms with Gasteiger partial charge in [-0.15, -0.1) is 0 Å². The lowest BCUT2D eigenvalue weighted by molar-refractivity contribution is 1.13. The van der Waals surface area contributed by atoms with Crippen molar-refractivity contribution >= 4 is 11.4 Å². The summed E-state index contributed by atoms with van der Waals surface area (Å²) in [4.78, 5) is 2.11. The van der Waals surface area contributed by atoms with Crippen molar-refractivity contribution in [1.29, 1.82) is 5.41 Å². The third-order valence-corrected chi connectivity index (χ3v) is 7.26. The molecule has 0 atom stereocenters. The number of fused-ring (bicyclic) bond motifs is 3. The van der Waals surface area contributed by atoms with Gasteiger partial charge in [-0.2, -0.15) is 0 Å². The third-order valence-electron chi connectivity index (χ3n) is 7.26. The van der Waals surface area contributed by atoms with Crippen LogP contribution in [0.2, 0.25) is 0 Å². The van der Waals surface area contributed by atoms with Gasteiger partial charge in [-0.05, 0) is 89.4 Å². The number of hydrogen-bond acceptors (Lipinski definition) is 2. The van der Waals surface area contributed by atoms with E-state index in [0.29, 0.717) is 5.71 Å². The maximum atomic E-state index is 9.31. The molecule has 0 radical (unpaired) electrons. The Morgan fingerprint density at radius 1 is 0.697 bits per heavy atom. The van der Waals surface area contributed by atoms with Crippen molar-refractivity contribution in [3.63, 3.8) is 0 Å². The third kappa shape index (κ3) is 3.47. The maximum absolute atomic E-state index is 9.31. The van der Waals surface area contributed by atoms with Gasteiger partial charge in [0.25, 0.3) is 0 Å². The molecule has 0 fully saturated rings. The van der Waals surface area contributed by atoms with Crippen molar-refractivity contribution in [3.8, 4) is 22.3 Å². The summed E-state index contributed by atoms with van der Waals surface area (Å²) < 4.78 is 0. The highest BCUT2D eigenvalue weighted by Gasteiger charge is 2.24. The van der Waals surface area contributed by atoms with E-state index in [1.54, 1.807) is 0 Å². The average molecular weight is 431 g/mol. The molecular formula is C31H30N2. The summed E-state index contributed by atoms with van der Waals surface area (Å²) in [6, 6.07) is 26.1. The minimum Gasteiger partial charge on any atom is -0.378 e. The molecule has 5 rings (SSSR count). The van der Waals surface area contributed by atoms with Gasteiger partial charge in [-0.3, -0.25) is 5.41 Å². The SMILES string of the molecule is Cc1ccc(C(=N)c2cc(N(C)C)ccc2-c2cccc3c2Cc2ccccc2-3)c(C)c1C. The summed E-state index contributed by atoms with van der Waals surface area (Å²) in [6.07, 6.45) is 0.937. The quantitative estimate of drug-likeness (QED) is 0.297. The fourth-order valence-electron chi connectivity index (χ4n) is 5.03. The summed E-state index contributed by atoms with van der Waals surface area (Å²) in [5.41, 5.74) is 15.2. The first-order valence-electron chi connectivity index (χ1n) is 11.5. The number of benzene rings is 4. The van der Waals surface area contributed by atoms with E-state index in [0.717, 1.165) is 28.8 Å². The molecule has 4 aromatic carbocycles. The van der Waals surface area contributed by atoms with Crippen LogP contribution in [0.3, 0.4) is 0 Å². The Bertz CT molecular complexity index is 1410. The van der Waals surface area contributed by atoms with Gasteiger partial charge in [-0.1, -0.05) is 60.7 Å². The highest BCUT2D eigenvalue weighted by Crippen LogP contribution is 2.43. The molecule has 33 heavy (non-hydrogen) atoms. The van der Waals surface area contributed by atoms with Gasteiger partial charge in [0.1, 0.15) is 0 Å². The van der Waals surface area contributed by atoms with Crippen molar-refractivity contribution in [1.82, 2.24) is 0 Å². The molecule has 0 aliphatic heterocycles. The van der Waals surface area contributed by atoms with Crippen LogP contribution in [-0.2, 0) is 6.42 Å². The summed E-state index contributed by atoms with van der Waals surface area (Å²) in [5.74, 6) is 0. The van der Waals surface area contributed by atoms with Crippen molar-refractivity contribution < 1.29 is 0 Å². The number of nitrogens with zero attached hydrogens (tertiary/aromatic N) is 1. The van der Waals surface area contributed by atoms with Crippen LogP contribution in [0.4, 0.5) is 5.69 Å². The zero-order valence-electron chi connectivity index (χ0n) is 20.1. The Kier molecular flexibility index (Phi) is 5.17. The van der Waals surface area contributed by atoms with Crippen LogP contribution in [0.1, 0.15) is 38.9 Å². The zero-order valence-corrected chi connectivity index (χ0v) is 20.1. The number of rotatable bonds is 4. The first-order valence-corrected chi connectivity index (χ1v) is 11.5. The first kappa shape index (κ1) is 21.2. The summed E-state index contributed by atoms with van der Waals surface area (Å²) in [5, 5.41) is 9.31. The van der Waals surface area contributed by atoms with Crippen molar-refractivity contribution in [2.24, 2.45) is 0 Å². The summed E-state index contributed by atoms with van der Waals surface area (Å²) in [6.45, 7) is 6.43. The monoisotopic (exact) mass is 430 g/mol. The van der Waals surface area contributed by atoms with E-state index >= 15 is 0 Å². The van der Waals surface area contributed by atoms with E-state index in [1.807, 2.05) is 0 Å². The average Bonchev–Trinajstić information content (AvgIpc) is 3.21. The second-order valence-corrected chi connectivity index (χ2v) is 9.34. The first-order chi connectivity index (χ1) is 15.9. The highest BCUT2D eigenvalue weighted by molar-refractivity contribution is 6.16. The fraction of sp³-hybridized carbons (Fsp3) is 0.194. The molecule has 0 spiro atoms. The Morgan fingerprint density at radius 3 is 2.15 bits per heavy atom. The number of hydrogen-bond donors (Lipinski definition) is 1. The number of nitrogens with one attached hydrogen (secondary N) is 1. The minimum absolute atomic E-state index is 0.586. The largest absolute Gasteiger partial charge is 0.378 e. The Morgan fingerprint density at radius 2 is 1.39 bits per heavy atom. The topological polar surface area (TPSA) is 27.1 Å². The molecule has 1 N–H and O–H groups in total. The molecule has 0 aromatic heterocycles. The van der Waals surface area contributed by atoms with Gasteiger partial charge in [0.15, 0.2) is 0 Å². The lowest BCUT2D eigenvalue weighted by Gasteiger charge is -2.20. The molecule has 2 heteroatoms. The second-order valence-electron chi connectivity index (χ2n) is 9.34. The van der Waals surface area contributed by atoms with Gasteiger partial charge in [-0.25, -0.2) is 0 Å². The van der Waals surface area contributed by atoms with Crippen molar-refractivity contribution in [3.05, 3.63) is 112 Å². The predicted octanol–water partition coefficient (Wildman–Crippen LogP) is 7.33. The molecule has 0 unspecified atom stereocenters. The molecule has 1 aliphatic carbocycles. The summed E-state index contributed by atoms with van der Waals surface area (Å²) >= 11 is 0. The van der Waals surface area contributed by atoms with Gasteiger partial charge >= 0.3 is 0 Å². The second kappa shape index (κ2) is 8.04. The minimum atomic E-state index is 0.586. The highest BCUT2D eigenvalue weighted by atomic mass is 15.1. The lowest BCUT2D eigenvalue weighted by atomic mass is 9.87. The molecule has 0 bridgehead atoms. The molecule has 164 valence electrons. The fourth-order valence-corrected chi connectivity index (χ4v) is 5.03. The smallest absolute Gasteiger partial charge is 0.0694 e. The molecule has 0 saturated carbocycles. The number of aryl methyl sites for hydroxylation is 1. The van der Waals surface area contributed by atoms with Crippen LogP contribution >= 0.6 is 0 Å². The number of anilines is 1. The van der Waals surface area contributed by atoms with Gasteiger partial charge in [0.05, 0.1) is 5.71 Å². The zero-order chi connectivity index (χ0) is 23.3. The van der Waals surface area contributed by atoms with Crippen LogP contribution in [-0.4, -0.2) is 19.8 Å². The Labute approximate surface area is 197 Å². The van der Waals surface area contributed by atoms with E-state index in [-0.39, 0.29) is 0 Å². The molecule has 0 heterocycles. The van der Waals surface area contributed by atoms with Gasteiger partial charge in [0, 0.05) is 30.9 Å². The van der Waals surface area contributed by atoms with E-state index < -0.39 is 0 Å².